The van der Waals surface area contributed by atoms with Crippen LogP contribution in [0.3, 0.4) is 0 Å². The van der Waals surface area contributed by atoms with Crippen molar-refractivity contribution in [1.82, 2.24) is 14.8 Å². The van der Waals surface area contributed by atoms with Crippen LogP contribution < -0.4 is 5.73 Å². The maximum Gasteiger partial charge on any atom is 0.0854 e. The third kappa shape index (κ3) is 2.53. The van der Waals surface area contributed by atoms with Crippen molar-refractivity contribution in [2.75, 3.05) is 5.73 Å². The van der Waals surface area contributed by atoms with E-state index in [1.807, 2.05) is 24.5 Å². The third-order valence-corrected chi connectivity index (χ3v) is 3.21. The van der Waals surface area contributed by atoms with E-state index in [1.165, 1.54) is 5.56 Å². The highest BCUT2D eigenvalue weighted by molar-refractivity contribution is 5.48. The molecule has 0 aliphatic rings. The molecule has 0 atom stereocenters. The van der Waals surface area contributed by atoms with Gasteiger partial charge in [-0.15, -0.1) is 0 Å². The minimum atomic E-state index is 0.870. The van der Waals surface area contributed by atoms with Crippen molar-refractivity contribution in [2.45, 2.75) is 39.7 Å². The number of anilines is 1. The zero-order chi connectivity index (χ0) is 13.0. The van der Waals surface area contributed by atoms with Crippen molar-refractivity contribution in [3.8, 4) is 0 Å². The summed E-state index contributed by atoms with van der Waals surface area (Å²) in [7, 11) is 0. The second-order valence-corrected chi connectivity index (χ2v) is 4.34. The van der Waals surface area contributed by atoms with Crippen LogP contribution in [0, 0.1) is 0 Å². The fourth-order valence-electron chi connectivity index (χ4n) is 2.17. The lowest BCUT2D eigenvalue weighted by molar-refractivity contribution is 0.581. The van der Waals surface area contributed by atoms with Gasteiger partial charge in [0, 0.05) is 18.9 Å². The second-order valence-electron chi connectivity index (χ2n) is 4.34. The first-order valence-electron chi connectivity index (χ1n) is 6.49. The smallest absolute Gasteiger partial charge is 0.0854 e. The molecule has 0 saturated heterocycles. The fourth-order valence-corrected chi connectivity index (χ4v) is 2.17. The van der Waals surface area contributed by atoms with Crippen LogP contribution >= 0.6 is 0 Å². The van der Waals surface area contributed by atoms with Gasteiger partial charge < -0.3 is 5.73 Å². The van der Waals surface area contributed by atoms with Crippen LogP contribution in [0.1, 0.15) is 30.8 Å². The van der Waals surface area contributed by atoms with Gasteiger partial charge in [0.25, 0.3) is 0 Å². The van der Waals surface area contributed by atoms with E-state index in [2.05, 4.69) is 28.6 Å². The summed E-state index contributed by atoms with van der Waals surface area (Å²) in [6.07, 6.45) is 6.42. The van der Waals surface area contributed by atoms with Crippen molar-refractivity contribution in [1.29, 1.82) is 0 Å². The highest BCUT2D eigenvalue weighted by Crippen LogP contribution is 2.18. The molecule has 0 spiro atoms. The van der Waals surface area contributed by atoms with Crippen LogP contribution in [0.4, 0.5) is 5.69 Å². The van der Waals surface area contributed by atoms with Crippen molar-refractivity contribution < 1.29 is 0 Å². The van der Waals surface area contributed by atoms with Crippen LogP contribution in [0.5, 0.6) is 0 Å². The van der Waals surface area contributed by atoms with Crippen LogP contribution in [-0.2, 0) is 25.8 Å². The molecule has 0 aliphatic carbocycles. The molecular formula is C14H20N4. The van der Waals surface area contributed by atoms with Gasteiger partial charge in [-0.3, -0.25) is 9.67 Å². The molecule has 0 aliphatic heterocycles. The molecule has 18 heavy (non-hydrogen) atoms. The molecular weight excluding hydrogens is 224 g/mol. The summed E-state index contributed by atoms with van der Waals surface area (Å²) in [6.45, 7) is 5.08. The minimum Gasteiger partial charge on any atom is -0.396 e. The third-order valence-electron chi connectivity index (χ3n) is 3.21. The van der Waals surface area contributed by atoms with Gasteiger partial charge >= 0.3 is 0 Å². The number of hydrogen-bond acceptors (Lipinski definition) is 3. The molecule has 2 N–H and O–H groups in total. The normalized spacial score (nSPS) is 10.8. The summed E-state index contributed by atoms with van der Waals surface area (Å²) in [5.74, 6) is 0. The van der Waals surface area contributed by atoms with E-state index in [-0.39, 0.29) is 0 Å². The molecule has 0 amide bonds. The Kier molecular flexibility index (Phi) is 3.97. The van der Waals surface area contributed by atoms with Crippen molar-refractivity contribution in [2.24, 2.45) is 0 Å². The van der Waals surface area contributed by atoms with E-state index in [1.54, 1.807) is 0 Å². The molecule has 96 valence electrons. The molecule has 4 heteroatoms. The van der Waals surface area contributed by atoms with Gasteiger partial charge in [-0.1, -0.05) is 13.8 Å². The highest BCUT2D eigenvalue weighted by Gasteiger charge is 2.12. The Morgan fingerprint density at radius 1 is 1.17 bits per heavy atom. The van der Waals surface area contributed by atoms with E-state index in [9.17, 15) is 0 Å². The summed E-state index contributed by atoms with van der Waals surface area (Å²) < 4.78 is 2.05. The van der Waals surface area contributed by atoms with Gasteiger partial charge in [0.15, 0.2) is 0 Å². The van der Waals surface area contributed by atoms with Crippen LogP contribution in [-0.4, -0.2) is 14.8 Å². The molecule has 0 fully saturated rings. The number of aryl methyl sites for hydroxylation is 3. The maximum absolute atomic E-state index is 6.10. The Labute approximate surface area is 108 Å². The standard InChI is InChI=1S/C14H20N4/c1-3-12-14(15)13(4-2)18(17-12)10-7-11-5-8-16-9-6-11/h5-6,8-9H,3-4,7,10,15H2,1-2H3. The van der Waals surface area contributed by atoms with Gasteiger partial charge in [-0.25, -0.2) is 0 Å². The maximum atomic E-state index is 6.10. The number of nitrogen functional groups attached to an aromatic ring is 1. The van der Waals surface area contributed by atoms with Gasteiger partial charge in [-0.05, 0) is 37.0 Å². The summed E-state index contributed by atoms with van der Waals surface area (Å²) in [5, 5.41) is 4.59. The summed E-state index contributed by atoms with van der Waals surface area (Å²) >= 11 is 0. The second kappa shape index (κ2) is 5.67. The Bertz CT molecular complexity index is 502. The number of rotatable bonds is 5. The van der Waals surface area contributed by atoms with Crippen molar-refractivity contribution in [3.63, 3.8) is 0 Å². The van der Waals surface area contributed by atoms with Crippen LogP contribution in [0.15, 0.2) is 24.5 Å². The predicted molar refractivity (Wildman–Crippen MR) is 73.3 cm³/mol. The molecule has 2 aromatic rings. The molecule has 4 nitrogen and oxygen atoms in total. The zero-order valence-electron chi connectivity index (χ0n) is 11.1. The number of nitrogens with two attached hydrogens (primary N) is 1. The first-order valence-corrected chi connectivity index (χ1v) is 6.49. The Balaban J connectivity index is 2.14. The molecule has 2 heterocycles. The lowest BCUT2D eigenvalue weighted by Gasteiger charge is -2.06. The zero-order valence-corrected chi connectivity index (χ0v) is 11.1. The largest absolute Gasteiger partial charge is 0.396 e. The average molecular weight is 244 g/mol. The summed E-state index contributed by atoms with van der Waals surface area (Å²) in [6, 6.07) is 4.08. The van der Waals surface area contributed by atoms with E-state index in [4.69, 9.17) is 5.73 Å². The van der Waals surface area contributed by atoms with Crippen LogP contribution in [0.2, 0.25) is 0 Å². The lowest BCUT2D eigenvalue weighted by atomic mass is 10.2. The predicted octanol–water partition coefficient (Wildman–Crippen LogP) is 2.23. The molecule has 2 aromatic heterocycles. The van der Waals surface area contributed by atoms with Gasteiger partial charge in [0.1, 0.15) is 0 Å². The van der Waals surface area contributed by atoms with Crippen molar-refractivity contribution in [3.05, 3.63) is 41.5 Å². The topological polar surface area (TPSA) is 56.7 Å². The summed E-state index contributed by atoms with van der Waals surface area (Å²) in [5.41, 5.74) is 10.4. The lowest BCUT2D eigenvalue weighted by Crippen LogP contribution is -2.07. The van der Waals surface area contributed by atoms with Gasteiger partial charge in [0.2, 0.25) is 0 Å². The molecule has 0 radical (unpaired) electrons. The SMILES string of the molecule is CCc1nn(CCc2ccncc2)c(CC)c1N. The molecule has 2 rings (SSSR count). The number of pyridine rings is 1. The average Bonchev–Trinajstić information content (AvgIpc) is 2.73. The quantitative estimate of drug-likeness (QED) is 0.877. The fraction of sp³-hybridized carbons (Fsp3) is 0.429. The molecule has 0 bridgehead atoms. The van der Waals surface area contributed by atoms with E-state index >= 15 is 0 Å². The number of hydrogen-bond donors (Lipinski definition) is 1. The first kappa shape index (κ1) is 12.6. The van der Waals surface area contributed by atoms with Crippen LogP contribution in [0.25, 0.3) is 0 Å². The Morgan fingerprint density at radius 2 is 1.89 bits per heavy atom. The monoisotopic (exact) mass is 244 g/mol. The van der Waals surface area contributed by atoms with E-state index in [0.717, 1.165) is 42.9 Å². The Hall–Kier alpha value is -1.84. The molecule has 0 saturated carbocycles. The number of aromatic nitrogens is 3. The molecule has 0 unspecified atom stereocenters. The molecule has 0 aromatic carbocycles. The van der Waals surface area contributed by atoms with Gasteiger partial charge in [-0.2, -0.15) is 5.10 Å². The summed E-state index contributed by atoms with van der Waals surface area (Å²) in [4.78, 5) is 4.02. The first-order chi connectivity index (χ1) is 8.76. The van der Waals surface area contributed by atoms with E-state index < -0.39 is 0 Å². The Morgan fingerprint density at radius 3 is 2.50 bits per heavy atom. The van der Waals surface area contributed by atoms with E-state index in [0.29, 0.717) is 0 Å². The van der Waals surface area contributed by atoms with Crippen molar-refractivity contribution >= 4 is 5.69 Å². The minimum absolute atomic E-state index is 0.870. The highest BCUT2D eigenvalue weighted by atomic mass is 15.3. The number of nitrogens with zero attached hydrogens (tertiary/aromatic N) is 3. The van der Waals surface area contributed by atoms with Gasteiger partial charge in [0.05, 0.1) is 17.1 Å².